The second kappa shape index (κ2) is 7.53. The summed E-state index contributed by atoms with van der Waals surface area (Å²) in [4.78, 5) is 12.3. The zero-order chi connectivity index (χ0) is 17.6. The number of phenolic OH excluding ortho intramolecular Hbond substituents is 1. The minimum Gasteiger partial charge on any atom is -0.507 e. The number of nitrogens with one attached hydrogen (secondary N) is 1. The van der Waals surface area contributed by atoms with E-state index >= 15 is 0 Å². The Balaban J connectivity index is 1.70. The molecule has 0 saturated heterocycles. The average Bonchev–Trinajstić information content (AvgIpc) is 3.11. The number of amides is 1. The third-order valence-electron chi connectivity index (χ3n) is 3.62. The maximum absolute atomic E-state index is 12.3. The Kier molecular flexibility index (Phi) is 4.99. The predicted molar refractivity (Wildman–Crippen MR) is 92.4 cm³/mol. The molecule has 1 heterocycles. The van der Waals surface area contributed by atoms with E-state index in [0.717, 1.165) is 11.3 Å². The van der Waals surface area contributed by atoms with Crippen molar-refractivity contribution in [1.82, 2.24) is 10.5 Å². The molecule has 0 aliphatic heterocycles. The quantitative estimate of drug-likeness (QED) is 0.720. The number of phenols is 1. The molecule has 2 N–H and O–H groups in total. The Morgan fingerprint density at radius 3 is 2.76 bits per heavy atom. The highest BCUT2D eigenvalue weighted by Gasteiger charge is 2.16. The highest BCUT2D eigenvalue weighted by Crippen LogP contribution is 2.29. The lowest BCUT2D eigenvalue weighted by atomic mass is 10.1. The highest BCUT2D eigenvalue weighted by atomic mass is 16.5. The van der Waals surface area contributed by atoms with Crippen LogP contribution in [-0.4, -0.2) is 22.8 Å². The van der Waals surface area contributed by atoms with Gasteiger partial charge < -0.3 is 19.7 Å². The molecule has 6 nitrogen and oxygen atoms in total. The Bertz CT molecular complexity index is 873. The number of aromatic hydroxyl groups is 1. The van der Waals surface area contributed by atoms with Crippen LogP contribution in [0.3, 0.4) is 0 Å². The molecule has 1 aromatic heterocycles. The molecule has 3 aromatic rings. The number of rotatable bonds is 6. The molecule has 0 aliphatic rings. The Morgan fingerprint density at radius 2 is 1.96 bits per heavy atom. The van der Waals surface area contributed by atoms with Crippen LogP contribution in [0, 0.1) is 0 Å². The average molecular weight is 338 g/mol. The smallest absolute Gasteiger partial charge is 0.273 e. The fraction of sp³-hybridized carbons (Fsp3) is 0.158. The molecule has 6 heteroatoms. The minimum atomic E-state index is -0.364. The molecule has 1 amide bonds. The van der Waals surface area contributed by atoms with Gasteiger partial charge in [0.25, 0.3) is 5.91 Å². The van der Waals surface area contributed by atoms with Crippen LogP contribution < -0.4 is 10.1 Å². The van der Waals surface area contributed by atoms with Crippen LogP contribution in [0.4, 0.5) is 0 Å². The molecule has 3 rings (SSSR count). The molecule has 0 atom stereocenters. The summed E-state index contributed by atoms with van der Waals surface area (Å²) in [7, 11) is 0. The Hall–Kier alpha value is -3.28. The van der Waals surface area contributed by atoms with Crippen molar-refractivity contribution in [3.05, 3.63) is 65.9 Å². The van der Waals surface area contributed by atoms with Crippen molar-refractivity contribution in [1.29, 1.82) is 0 Å². The fourth-order valence-corrected chi connectivity index (χ4v) is 2.40. The monoisotopic (exact) mass is 338 g/mol. The number of carbonyl (C=O) groups is 1. The van der Waals surface area contributed by atoms with E-state index in [2.05, 4.69) is 10.5 Å². The summed E-state index contributed by atoms with van der Waals surface area (Å²) < 4.78 is 10.7. The van der Waals surface area contributed by atoms with Gasteiger partial charge in [-0.1, -0.05) is 35.5 Å². The molecular weight excluding hydrogens is 320 g/mol. The zero-order valence-electron chi connectivity index (χ0n) is 13.7. The third kappa shape index (κ3) is 3.80. The minimum absolute atomic E-state index is 0.0660. The first kappa shape index (κ1) is 16.6. The van der Waals surface area contributed by atoms with Crippen molar-refractivity contribution >= 4 is 5.91 Å². The summed E-state index contributed by atoms with van der Waals surface area (Å²) in [6.07, 6.45) is 0. The van der Waals surface area contributed by atoms with Crippen molar-refractivity contribution in [2.75, 3.05) is 6.61 Å². The van der Waals surface area contributed by atoms with Crippen molar-refractivity contribution in [3.8, 4) is 22.8 Å². The number of para-hydroxylation sites is 2. The molecule has 128 valence electrons. The topological polar surface area (TPSA) is 84.6 Å². The molecule has 0 aliphatic carbocycles. The van der Waals surface area contributed by atoms with E-state index in [1.54, 1.807) is 24.3 Å². The van der Waals surface area contributed by atoms with Gasteiger partial charge in [-0.2, -0.15) is 0 Å². The van der Waals surface area contributed by atoms with E-state index in [1.807, 2.05) is 31.2 Å². The number of carbonyl (C=O) groups excluding carboxylic acids is 1. The van der Waals surface area contributed by atoms with Gasteiger partial charge in [0, 0.05) is 18.2 Å². The standard InChI is InChI=1S/C19H18N2O4/c1-2-24-17-10-6-3-7-13(17)12-20-19(23)15-11-18(25-21-15)14-8-4-5-9-16(14)22/h3-11,22H,2,12H2,1H3,(H,20,23). The first-order valence-corrected chi connectivity index (χ1v) is 7.93. The maximum Gasteiger partial charge on any atom is 0.273 e. The molecule has 0 spiro atoms. The first-order valence-electron chi connectivity index (χ1n) is 7.93. The van der Waals surface area contributed by atoms with Crippen LogP contribution in [0.2, 0.25) is 0 Å². The van der Waals surface area contributed by atoms with E-state index in [1.165, 1.54) is 6.07 Å². The van der Waals surface area contributed by atoms with Gasteiger partial charge in [0.05, 0.1) is 12.2 Å². The summed E-state index contributed by atoms with van der Waals surface area (Å²) in [5.74, 6) is 0.770. The summed E-state index contributed by atoms with van der Waals surface area (Å²) >= 11 is 0. The van der Waals surface area contributed by atoms with E-state index in [9.17, 15) is 9.90 Å². The van der Waals surface area contributed by atoms with Gasteiger partial charge in [0.2, 0.25) is 0 Å². The number of nitrogens with zero attached hydrogens (tertiary/aromatic N) is 1. The molecule has 0 unspecified atom stereocenters. The Morgan fingerprint density at radius 1 is 1.20 bits per heavy atom. The SMILES string of the molecule is CCOc1ccccc1CNC(=O)c1cc(-c2ccccc2O)on1. The lowest BCUT2D eigenvalue weighted by Gasteiger charge is -2.10. The summed E-state index contributed by atoms with van der Waals surface area (Å²) in [5.41, 5.74) is 1.50. The maximum atomic E-state index is 12.3. The van der Waals surface area contributed by atoms with Crippen molar-refractivity contribution in [2.24, 2.45) is 0 Å². The van der Waals surface area contributed by atoms with Crippen LogP contribution in [0.25, 0.3) is 11.3 Å². The second-order valence-electron chi connectivity index (χ2n) is 5.32. The van der Waals surface area contributed by atoms with E-state index in [-0.39, 0.29) is 17.4 Å². The van der Waals surface area contributed by atoms with Gasteiger partial charge in [-0.25, -0.2) is 0 Å². The van der Waals surface area contributed by atoms with Gasteiger partial charge >= 0.3 is 0 Å². The van der Waals surface area contributed by atoms with Crippen molar-refractivity contribution < 1.29 is 19.2 Å². The molecular formula is C19H18N2O4. The summed E-state index contributed by atoms with van der Waals surface area (Å²) in [6, 6.07) is 15.7. The number of hydrogen-bond acceptors (Lipinski definition) is 5. The van der Waals surface area contributed by atoms with Gasteiger partial charge in [-0.15, -0.1) is 0 Å². The predicted octanol–water partition coefficient (Wildman–Crippen LogP) is 3.38. The van der Waals surface area contributed by atoms with Gasteiger partial charge in [0.15, 0.2) is 11.5 Å². The van der Waals surface area contributed by atoms with Crippen molar-refractivity contribution in [2.45, 2.75) is 13.5 Å². The molecule has 0 radical (unpaired) electrons. The van der Waals surface area contributed by atoms with Crippen molar-refractivity contribution in [3.63, 3.8) is 0 Å². The van der Waals surface area contributed by atoms with Gasteiger partial charge in [0.1, 0.15) is 11.5 Å². The fourth-order valence-electron chi connectivity index (χ4n) is 2.40. The Labute approximate surface area is 145 Å². The van der Waals surface area contributed by atoms with Crippen LogP contribution in [-0.2, 0) is 6.54 Å². The van der Waals surface area contributed by atoms with Gasteiger partial charge in [-0.05, 0) is 25.1 Å². The lowest BCUT2D eigenvalue weighted by Crippen LogP contribution is -2.23. The highest BCUT2D eigenvalue weighted by molar-refractivity contribution is 5.93. The summed E-state index contributed by atoms with van der Waals surface area (Å²) in [5, 5.41) is 16.4. The third-order valence-corrected chi connectivity index (χ3v) is 3.62. The second-order valence-corrected chi connectivity index (χ2v) is 5.32. The van der Waals surface area contributed by atoms with Crippen LogP contribution in [0.5, 0.6) is 11.5 Å². The molecule has 2 aromatic carbocycles. The van der Waals surface area contributed by atoms with Crippen LogP contribution in [0.15, 0.2) is 59.1 Å². The molecule has 0 bridgehead atoms. The van der Waals surface area contributed by atoms with E-state index in [0.29, 0.717) is 24.5 Å². The van der Waals surface area contributed by atoms with E-state index < -0.39 is 0 Å². The number of ether oxygens (including phenoxy) is 1. The normalized spacial score (nSPS) is 10.4. The molecule has 0 saturated carbocycles. The molecule has 25 heavy (non-hydrogen) atoms. The largest absolute Gasteiger partial charge is 0.507 e. The molecule has 0 fully saturated rings. The van der Waals surface area contributed by atoms with Gasteiger partial charge in [-0.3, -0.25) is 4.79 Å². The van der Waals surface area contributed by atoms with Crippen LogP contribution >= 0.6 is 0 Å². The zero-order valence-corrected chi connectivity index (χ0v) is 13.7. The number of aromatic nitrogens is 1. The van der Waals surface area contributed by atoms with Crippen LogP contribution in [0.1, 0.15) is 23.0 Å². The number of benzene rings is 2. The summed E-state index contributed by atoms with van der Waals surface area (Å²) in [6.45, 7) is 2.78. The lowest BCUT2D eigenvalue weighted by molar-refractivity contribution is 0.0941. The van der Waals surface area contributed by atoms with E-state index in [4.69, 9.17) is 9.26 Å². The first-order chi connectivity index (χ1) is 12.2. The number of hydrogen-bond donors (Lipinski definition) is 2.